The molecule has 21 heavy (non-hydrogen) atoms. The number of carbonyl (C=O) groups excluding carboxylic acids is 1. The summed E-state index contributed by atoms with van der Waals surface area (Å²) in [6.45, 7) is 1.75. The molecule has 0 heterocycles. The molecule has 0 aliphatic rings. The molecule has 0 atom stereocenters. The van der Waals surface area contributed by atoms with Gasteiger partial charge in [-0.15, -0.1) is 0 Å². The van der Waals surface area contributed by atoms with Gasteiger partial charge in [0.2, 0.25) is 10.0 Å². The first-order valence-electron chi connectivity index (χ1n) is 6.06. The van der Waals surface area contributed by atoms with Crippen LogP contribution in [0.4, 0.5) is 10.1 Å². The molecule has 9 heteroatoms. The minimum atomic E-state index is -4.07. The summed E-state index contributed by atoms with van der Waals surface area (Å²) in [6.07, 6.45) is -0.114. The van der Waals surface area contributed by atoms with Crippen LogP contribution in [0, 0.1) is 5.82 Å². The van der Waals surface area contributed by atoms with Gasteiger partial charge in [0, 0.05) is 23.8 Å². The van der Waals surface area contributed by atoms with Crippen molar-refractivity contribution in [2.24, 2.45) is 0 Å². The largest absolute Gasteiger partial charge is 0.466 e. The minimum Gasteiger partial charge on any atom is -0.466 e. The standard InChI is InChI=1S/C12H16BrFN2O4S/c1-3-20-12(17)4-5-16(2)21(18,19)11-7-10(15)8(13)6-9(11)14/h6-7H,3-5,15H2,1-2H3. The van der Waals surface area contributed by atoms with E-state index in [9.17, 15) is 17.6 Å². The lowest BCUT2D eigenvalue weighted by Gasteiger charge is -2.17. The summed E-state index contributed by atoms with van der Waals surface area (Å²) in [6, 6.07) is 2.02. The Hall–Kier alpha value is -1.19. The summed E-state index contributed by atoms with van der Waals surface area (Å²) in [5, 5.41) is 0. The molecule has 1 aromatic rings. The molecule has 6 nitrogen and oxygen atoms in total. The maximum Gasteiger partial charge on any atom is 0.307 e. The van der Waals surface area contributed by atoms with E-state index in [0.717, 1.165) is 16.4 Å². The van der Waals surface area contributed by atoms with Gasteiger partial charge in [-0.05, 0) is 35.0 Å². The number of benzene rings is 1. The molecule has 118 valence electrons. The van der Waals surface area contributed by atoms with Crippen molar-refractivity contribution < 1.29 is 22.3 Å². The number of carbonyl (C=O) groups is 1. The van der Waals surface area contributed by atoms with E-state index < -0.39 is 26.7 Å². The lowest BCUT2D eigenvalue weighted by Crippen LogP contribution is -2.30. The Kier molecular flexibility index (Phi) is 6.11. The number of halogens is 2. The van der Waals surface area contributed by atoms with Crippen molar-refractivity contribution in [2.45, 2.75) is 18.2 Å². The summed E-state index contributed by atoms with van der Waals surface area (Å²) in [7, 11) is -2.81. The summed E-state index contributed by atoms with van der Waals surface area (Å²) in [4.78, 5) is 10.7. The summed E-state index contributed by atoms with van der Waals surface area (Å²) in [5.74, 6) is -1.44. The van der Waals surface area contributed by atoms with Gasteiger partial charge in [0.15, 0.2) is 0 Å². The van der Waals surface area contributed by atoms with Gasteiger partial charge >= 0.3 is 5.97 Å². The number of esters is 1. The number of sulfonamides is 1. The molecule has 0 spiro atoms. The molecule has 0 fully saturated rings. The van der Waals surface area contributed by atoms with Crippen LogP contribution in [0.1, 0.15) is 13.3 Å². The third-order valence-corrected chi connectivity index (χ3v) is 5.23. The van der Waals surface area contributed by atoms with Crippen molar-refractivity contribution in [1.82, 2.24) is 4.31 Å². The number of nitrogens with two attached hydrogens (primary N) is 1. The van der Waals surface area contributed by atoms with Crippen LogP contribution in [0.3, 0.4) is 0 Å². The lowest BCUT2D eigenvalue weighted by atomic mass is 10.3. The van der Waals surface area contributed by atoms with Gasteiger partial charge in [0.05, 0.1) is 13.0 Å². The van der Waals surface area contributed by atoms with Gasteiger partial charge in [-0.3, -0.25) is 4.79 Å². The number of hydrogen-bond donors (Lipinski definition) is 1. The predicted octanol–water partition coefficient (Wildman–Crippen LogP) is 1.74. The Labute approximate surface area is 131 Å². The second-order valence-corrected chi connectivity index (χ2v) is 7.05. The Bertz CT molecular complexity index is 636. The van der Waals surface area contributed by atoms with Gasteiger partial charge in [0.1, 0.15) is 10.7 Å². The Balaban J connectivity index is 2.95. The molecule has 0 saturated heterocycles. The number of ether oxygens (including phenoxy) is 1. The van der Waals surface area contributed by atoms with Gasteiger partial charge in [-0.2, -0.15) is 0 Å². The van der Waals surface area contributed by atoms with E-state index in [1.807, 2.05) is 0 Å². The molecule has 0 radical (unpaired) electrons. The highest BCUT2D eigenvalue weighted by atomic mass is 79.9. The molecule has 0 aliphatic heterocycles. The maximum atomic E-state index is 13.8. The Morgan fingerprint density at radius 3 is 2.67 bits per heavy atom. The number of hydrogen-bond acceptors (Lipinski definition) is 5. The summed E-state index contributed by atoms with van der Waals surface area (Å²) < 4.78 is 44.2. The molecule has 2 N–H and O–H groups in total. The van der Waals surface area contributed by atoms with Crippen LogP contribution in [0.5, 0.6) is 0 Å². The third-order valence-electron chi connectivity index (χ3n) is 2.68. The Morgan fingerprint density at radius 1 is 1.48 bits per heavy atom. The van der Waals surface area contributed by atoms with Crippen molar-refractivity contribution in [3.8, 4) is 0 Å². The normalized spacial score (nSPS) is 11.7. The smallest absolute Gasteiger partial charge is 0.307 e. The first kappa shape index (κ1) is 17.9. The first-order valence-corrected chi connectivity index (χ1v) is 8.30. The van der Waals surface area contributed by atoms with E-state index in [1.165, 1.54) is 7.05 Å². The molecule has 0 bridgehead atoms. The van der Waals surface area contributed by atoms with E-state index >= 15 is 0 Å². The third kappa shape index (κ3) is 4.39. The van der Waals surface area contributed by atoms with Crippen molar-refractivity contribution in [3.63, 3.8) is 0 Å². The van der Waals surface area contributed by atoms with E-state index in [-0.39, 0.29) is 29.7 Å². The fourth-order valence-electron chi connectivity index (χ4n) is 1.51. The Morgan fingerprint density at radius 2 is 2.10 bits per heavy atom. The van der Waals surface area contributed by atoms with Gasteiger partial charge in [-0.25, -0.2) is 17.1 Å². The number of rotatable bonds is 6. The lowest BCUT2D eigenvalue weighted by molar-refractivity contribution is -0.143. The van der Waals surface area contributed by atoms with Crippen molar-refractivity contribution >= 4 is 37.6 Å². The summed E-state index contributed by atoms with van der Waals surface area (Å²) >= 11 is 3.02. The highest BCUT2D eigenvalue weighted by Crippen LogP contribution is 2.27. The summed E-state index contributed by atoms with van der Waals surface area (Å²) in [5.41, 5.74) is 5.68. The minimum absolute atomic E-state index is 0.105. The maximum absolute atomic E-state index is 13.8. The molecule has 1 aromatic carbocycles. The van der Waals surface area contributed by atoms with Crippen LogP contribution < -0.4 is 5.73 Å². The number of nitrogen functional groups attached to an aromatic ring is 1. The number of nitrogens with zero attached hydrogens (tertiary/aromatic N) is 1. The van der Waals surface area contributed by atoms with E-state index in [0.29, 0.717) is 0 Å². The zero-order chi connectivity index (χ0) is 16.2. The van der Waals surface area contributed by atoms with E-state index in [4.69, 9.17) is 10.5 Å². The fraction of sp³-hybridized carbons (Fsp3) is 0.417. The van der Waals surface area contributed by atoms with E-state index in [1.54, 1.807) is 6.92 Å². The molecular formula is C12H16BrFN2O4S. The zero-order valence-corrected chi connectivity index (χ0v) is 14.0. The highest BCUT2D eigenvalue weighted by Gasteiger charge is 2.26. The van der Waals surface area contributed by atoms with Crippen molar-refractivity contribution in [2.75, 3.05) is 25.9 Å². The quantitative estimate of drug-likeness (QED) is 0.597. The van der Waals surface area contributed by atoms with Gasteiger partial charge in [0.25, 0.3) is 0 Å². The molecule has 0 amide bonds. The molecule has 0 aliphatic carbocycles. The topological polar surface area (TPSA) is 89.7 Å². The average Bonchev–Trinajstić information content (AvgIpc) is 2.40. The van der Waals surface area contributed by atoms with Crippen molar-refractivity contribution in [1.29, 1.82) is 0 Å². The van der Waals surface area contributed by atoms with E-state index in [2.05, 4.69) is 15.9 Å². The second kappa shape index (κ2) is 7.19. The van der Waals surface area contributed by atoms with Gasteiger partial charge < -0.3 is 10.5 Å². The second-order valence-electron chi connectivity index (χ2n) is 4.19. The molecule has 1 rings (SSSR count). The first-order chi connectivity index (χ1) is 9.70. The predicted molar refractivity (Wildman–Crippen MR) is 79.6 cm³/mol. The van der Waals surface area contributed by atoms with Crippen LogP contribution in [0.15, 0.2) is 21.5 Å². The van der Waals surface area contributed by atoms with Crippen molar-refractivity contribution in [3.05, 3.63) is 22.4 Å². The fourth-order valence-corrected chi connectivity index (χ4v) is 3.08. The zero-order valence-electron chi connectivity index (χ0n) is 11.6. The van der Waals surface area contributed by atoms with Gasteiger partial charge in [-0.1, -0.05) is 0 Å². The SMILES string of the molecule is CCOC(=O)CCN(C)S(=O)(=O)c1cc(N)c(Br)cc1F. The molecule has 0 saturated carbocycles. The number of anilines is 1. The molecule has 0 aromatic heterocycles. The average molecular weight is 383 g/mol. The van der Waals surface area contributed by atoms with Crippen LogP contribution >= 0.6 is 15.9 Å². The van der Waals surface area contributed by atoms with Crippen LogP contribution in [-0.4, -0.2) is 38.9 Å². The highest BCUT2D eigenvalue weighted by molar-refractivity contribution is 9.10. The van der Waals surface area contributed by atoms with Crippen LogP contribution in [0.2, 0.25) is 0 Å². The molecule has 0 unspecified atom stereocenters. The van der Waals surface area contributed by atoms with Crippen LogP contribution in [0.25, 0.3) is 0 Å². The molecular weight excluding hydrogens is 367 g/mol. The van der Waals surface area contributed by atoms with Crippen LogP contribution in [-0.2, 0) is 19.6 Å². The monoisotopic (exact) mass is 382 g/mol.